The molecule has 1 aliphatic heterocycles. The van der Waals surface area contributed by atoms with Crippen LogP contribution in [0.2, 0.25) is 0 Å². The van der Waals surface area contributed by atoms with Crippen LogP contribution in [0.4, 0.5) is 5.69 Å². The van der Waals surface area contributed by atoms with Crippen molar-refractivity contribution >= 4 is 21.4 Å². The largest absolute Gasteiger partial charge is 0.497 e. The number of methoxy groups -OCH3 is 1. The zero-order valence-electron chi connectivity index (χ0n) is 10.8. The van der Waals surface area contributed by atoms with Crippen LogP contribution in [-0.2, 0) is 14.6 Å². The average Bonchev–Trinajstić information content (AvgIpc) is 2.71. The number of hydrogen-bond acceptors (Lipinski definition) is 5. The van der Waals surface area contributed by atoms with Gasteiger partial charge < -0.3 is 15.4 Å². The molecule has 1 unspecified atom stereocenters. The average molecular weight is 284 g/mol. The zero-order valence-corrected chi connectivity index (χ0v) is 11.6. The van der Waals surface area contributed by atoms with Crippen LogP contribution in [0.3, 0.4) is 0 Å². The second-order valence-corrected chi connectivity index (χ2v) is 6.58. The molecule has 0 aromatic heterocycles. The number of carbonyl (C=O) groups excluding carboxylic acids is 1. The molecule has 0 aliphatic carbocycles. The normalized spacial score (nSPS) is 19.8. The Labute approximate surface area is 112 Å². The van der Waals surface area contributed by atoms with Crippen LogP contribution in [0, 0.1) is 0 Å². The first-order valence-electron chi connectivity index (χ1n) is 5.80. The van der Waals surface area contributed by atoms with Gasteiger partial charge in [-0.25, -0.2) is 8.42 Å². The van der Waals surface area contributed by atoms with Crippen molar-refractivity contribution < 1.29 is 17.9 Å². The van der Waals surface area contributed by atoms with Crippen molar-refractivity contribution in [2.75, 3.05) is 26.4 Å². The summed E-state index contributed by atoms with van der Waals surface area (Å²) in [6, 6.07) is 4.40. The molecule has 1 fully saturated rings. The lowest BCUT2D eigenvalue weighted by Gasteiger charge is -2.14. The van der Waals surface area contributed by atoms with E-state index in [4.69, 9.17) is 10.5 Å². The predicted molar refractivity (Wildman–Crippen MR) is 70.6 cm³/mol. The minimum Gasteiger partial charge on any atom is -0.497 e. The Morgan fingerprint density at radius 1 is 1.42 bits per heavy atom. The highest BCUT2D eigenvalue weighted by atomic mass is 32.2. The lowest BCUT2D eigenvalue weighted by Crippen LogP contribution is -2.32. The van der Waals surface area contributed by atoms with Gasteiger partial charge in [-0.3, -0.25) is 4.79 Å². The van der Waals surface area contributed by atoms with E-state index in [1.54, 1.807) is 13.1 Å². The van der Waals surface area contributed by atoms with E-state index in [1.807, 2.05) is 0 Å². The number of rotatable bonds is 3. The molecule has 0 saturated carbocycles. The number of nitrogens with two attached hydrogens (primary N) is 1. The van der Waals surface area contributed by atoms with Gasteiger partial charge in [-0.1, -0.05) is 0 Å². The molecule has 1 aromatic carbocycles. The second kappa shape index (κ2) is 4.73. The Kier molecular flexibility index (Phi) is 3.40. The van der Waals surface area contributed by atoms with Gasteiger partial charge in [-0.05, 0) is 18.6 Å². The fourth-order valence-corrected chi connectivity index (χ4v) is 3.96. The van der Waals surface area contributed by atoms with Crippen LogP contribution < -0.4 is 10.5 Å². The molecule has 1 saturated heterocycles. The Balaban J connectivity index is 2.48. The summed E-state index contributed by atoms with van der Waals surface area (Å²) in [4.78, 5) is 13.2. The molecule has 2 rings (SSSR count). The van der Waals surface area contributed by atoms with E-state index in [0.29, 0.717) is 12.3 Å². The number of benzene rings is 1. The van der Waals surface area contributed by atoms with Gasteiger partial charge in [0.15, 0.2) is 9.84 Å². The van der Waals surface area contributed by atoms with E-state index < -0.39 is 15.1 Å². The monoisotopic (exact) mass is 284 g/mol. The molecule has 1 heterocycles. The van der Waals surface area contributed by atoms with E-state index in [0.717, 1.165) is 0 Å². The molecular weight excluding hydrogens is 268 g/mol. The van der Waals surface area contributed by atoms with Crippen molar-refractivity contribution in [2.24, 2.45) is 0 Å². The summed E-state index contributed by atoms with van der Waals surface area (Å²) < 4.78 is 30.0. The summed E-state index contributed by atoms with van der Waals surface area (Å²) >= 11 is 0. The summed E-state index contributed by atoms with van der Waals surface area (Å²) in [5.41, 5.74) is 5.85. The summed E-state index contributed by atoms with van der Waals surface area (Å²) in [5.74, 6) is 0.00814. The van der Waals surface area contributed by atoms with Crippen LogP contribution in [-0.4, -0.2) is 45.2 Å². The molecule has 2 N–H and O–H groups in total. The lowest BCUT2D eigenvalue weighted by atomic mass is 10.3. The molecule has 0 radical (unpaired) electrons. The standard InChI is InChI=1S/C12H16N2O4S/c1-14-6-5-10(12(14)15)19(16,17)11-7-8(18-2)3-4-9(11)13/h3-4,7,10H,5-6,13H2,1-2H3. The number of likely N-dealkylation sites (tertiary alicyclic amines) is 1. The van der Waals surface area contributed by atoms with Crippen LogP contribution in [0.25, 0.3) is 0 Å². The predicted octanol–water partition coefficient (Wildman–Crippen LogP) is 0.282. The van der Waals surface area contributed by atoms with Crippen molar-refractivity contribution in [3.05, 3.63) is 18.2 Å². The van der Waals surface area contributed by atoms with E-state index in [9.17, 15) is 13.2 Å². The summed E-state index contributed by atoms with van der Waals surface area (Å²) in [6.07, 6.45) is 0.286. The fraction of sp³-hybridized carbons (Fsp3) is 0.417. The minimum atomic E-state index is -3.78. The zero-order chi connectivity index (χ0) is 14.2. The van der Waals surface area contributed by atoms with E-state index in [2.05, 4.69) is 0 Å². The first-order chi connectivity index (χ1) is 8.87. The third-order valence-electron chi connectivity index (χ3n) is 3.28. The highest BCUT2D eigenvalue weighted by Crippen LogP contribution is 2.30. The molecular formula is C12H16N2O4S. The Morgan fingerprint density at radius 3 is 2.63 bits per heavy atom. The van der Waals surface area contributed by atoms with E-state index >= 15 is 0 Å². The third kappa shape index (κ3) is 2.25. The van der Waals surface area contributed by atoms with Crippen LogP contribution in [0.1, 0.15) is 6.42 Å². The highest BCUT2D eigenvalue weighted by Gasteiger charge is 2.41. The first kappa shape index (κ1) is 13.7. The van der Waals surface area contributed by atoms with Crippen LogP contribution in [0.15, 0.2) is 23.1 Å². The number of nitrogens with zero attached hydrogens (tertiary/aromatic N) is 1. The second-order valence-electron chi connectivity index (χ2n) is 4.49. The van der Waals surface area contributed by atoms with Crippen molar-refractivity contribution in [2.45, 2.75) is 16.6 Å². The SMILES string of the molecule is COc1ccc(N)c(S(=O)(=O)C2CCN(C)C2=O)c1. The molecule has 1 amide bonds. The number of ether oxygens (including phenoxy) is 1. The van der Waals surface area contributed by atoms with Gasteiger partial charge in [0.2, 0.25) is 5.91 Å². The smallest absolute Gasteiger partial charge is 0.241 e. The number of sulfone groups is 1. The van der Waals surface area contributed by atoms with Crippen LogP contribution in [0.5, 0.6) is 5.75 Å². The summed E-state index contributed by atoms with van der Waals surface area (Å²) in [6.45, 7) is 0.437. The quantitative estimate of drug-likeness (QED) is 0.805. The van der Waals surface area contributed by atoms with Gasteiger partial charge in [0.25, 0.3) is 0 Å². The molecule has 0 spiro atoms. The molecule has 7 heteroatoms. The molecule has 104 valence electrons. The number of anilines is 1. The van der Waals surface area contributed by atoms with Crippen LogP contribution >= 0.6 is 0 Å². The van der Waals surface area contributed by atoms with Crippen molar-refractivity contribution in [3.8, 4) is 5.75 Å². The molecule has 1 atom stereocenters. The topological polar surface area (TPSA) is 89.7 Å². The fourth-order valence-electron chi connectivity index (χ4n) is 2.12. The number of nitrogen functional groups attached to an aromatic ring is 1. The number of carbonyl (C=O) groups is 1. The lowest BCUT2D eigenvalue weighted by molar-refractivity contribution is -0.126. The molecule has 19 heavy (non-hydrogen) atoms. The van der Waals surface area contributed by atoms with Gasteiger partial charge in [0.1, 0.15) is 11.0 Å². The van der Waals surface area contributed by atoms with E-state index in [-0.39, 0.29) is 22.9 Å². The maximum Gasteiger partial charge on any atom is 0.241 e. The van der Waals surface area contributed by atoms with Gasteiger partial charge in [-0.15, -0.1) is 0 Å². The van der Waals surface area contributed by atoms with Gasteiger partial charge in [0, 0.05) is 19.7 Å². The Morgan fingerprint density at radius 2 is 2.11 bits per heavy atom. The first-order valence-corrected chi connectivity index (χ1v) is 7.35. The Hall–Kier alpha value is -1.76. The van der Waals surface area contributed by atoms with Crippen molar-refractivity contribution in [1.29, 1.82) is 0 Å². The van der Waals surface area contributed by atoms with Gasteiger partial charge >= 0.3 is 0 Å². The summed E-state index contributed by atoms with van der Waals surface area (Å²) in [7, 11) is -0.749. The maximum atomic E-state index is 12.5. The third-order valence-corrected chi connectivity index (χ3v) is 5.43. The van der Waals surface area contributed by atoms with Crippen molar-refractivity contribution in [3.63, 3.8) is 0 Å². The summed E-state index contributed by atoms with van der Waals surface area (Å²) in [5, 5.41) is -1.05. The number of hydrogen-bond donors (Lipinski definition) is 1. The molecule has 1 aliphatic rings. The Bertz CT molecular complexity index is 612. The number of amides is 1. The molecule has 0 bridgehead atoms. The van der Waals surface area contributed by atoms with Crippen molar-refractivity contribution in [1.82, 2.24) is 4.90 Å². The molecule has 1 aromatic rings. The maximum absolute atomic E-state index is 12.5. The van der Waals surface area contributed by atoms with Gasteiger partial charge in [0.05, 0.1) is 17.7 Å². The van der Waals surface area contributed by atoms with E-state index in [1.165, 1.54) is 24.1 Å². The van der Waals surface area contributed by atoms with Gasteiger partial charge in [-0.2, -0.15) is 0 Å². The molecule has 6 nitrogen and oxygen atoms in total. The highest BCUT2D eigenvalue weighted by molar-refractivity contribution is 7.93. The minimum absolute atomic E-state index is 0.0412.